The van der Waals surface area contributed by atoms with E-state index in [1.165, 1.54) is 19.5 Å². The first-order valence-electron chi connectivity index (χ1n) is 5.82. The first kappa shape index (κ1) is 15.5. The standard InChI is InChI=1S/C11H10F3N5O3/c1-21-9-3-8(16-5-17-9)18-10(20)15-4-6-2-7(22-19-6)11(12,13)14/h2-3,5H,4H2,1H3,(H2,15,16,17,18,20). The summed E-state index contributed by atoms with van der Waals surface area (Å²) in [6.07, 6.45) is -3.44. The van der Waals surface area contributed by atoms with Crippen molar-refractivity contribution in [3.63, 3.8) is 0 Å². The number of alkyl halides is 3. The molecule has 2 rings (SSSR count). The molecule has 0 atom stereocenters. The van der Waals surface area contributed by atoms with Crippen LogP contribution in [0.1, 0.15) is 11.5 Å². The summed E-state index contributed by atoms with van der Waals surface area (Å²) < 4.78 is 45.9. The topological polar surface area (TPSA) is 102 Å². The Morgan fingerprint density at radius 2 is 2.14 bits per heavy atom. The van der Waals surface area contributed by atoms with Crippen LogP contribution in [0.15, 0.2) is 23.0 Å². The number of anilines is 1. The normalized spacial score (nSPS) is 11.1. The van der Waals surface area contributed by atoms with E-state index in [0.29, 0.717) is 6.07 Å². The van der Waals surface area contributed by atoms with Crippen molar-refractivity contribution in [3.05, 3.63) is 29.9 Å². The average molecular weight is 317 g/mol. The van der Waals surface area contributed by atoms with Crippen LogP contribution in [-0.4, -0.2) is 28.3 Å². The molecule has 0 bridgehead atoms. The molecule has 2 aromatic rings. The number of nitrogens with zero attached hydrogens (tertiary/aromatic N) is 3. The summed E-state index contributed by atoms with van der Waals surface area (Å²) >= 11 is 0. The molecule has 0 saturated carbocycles. The van der Waals surface area contributed by atoms with E-state index in [1.807, 2.05) is 0 Å². The molecule has 2 aromatic heterocycles. The highest BCUT2D eigenvalue weighted by Gasteiger charge is 2.36. The number of carbonyl (C=O) groups is 1. The van der Waals surface area contributed by atoms with Gasteiger partial charge in [-0.2, -0.15) is 13.2 Å². The van der Waals surface area contributed by atoms with Crippen LogP contribution < -0.4 is 15.4 Å². The van der Waals surface area contributed by atoms with E-state index in [-0.39, 0.29) is 23.9 Å². The van der Waals surface area contributed by atoms with Gasteiger partial charge in [0.15, 0.2) is 0 Å². The molecule has 0 fully saturated rings. The van der Waals surface area contributed by atoms with Gasteiger partial charge in [-0.05, 0) is 0 Å². The minimum atomic E-state index is -4.62. The second kappa shape index (κ2) is 6.28. The Morgan fingerprint density at radius 3 is 2.77 bits per heavy atom. The molecule has 2 N–H and O–H groups in total. The van der Waals surface area contributed by atoms with Gasteiger partial charge in [-0.1, -0.05) is 5.16 Å². The second-order valence-electron chi connectivity index (χ2n) is 3.93. The van der Waals surface area contributed by atoms with Crippen LogP contribution in [0.4, 0.5) is 23.8 Å². The van der Waals surface area contributed by atoms with E-state index in [2.05, 4.69) is 30.3 Å². The number of hydrogen-bond acceptors (Lipinski definition) is 6. The van der Waals surface area contributed by atoms with Crippen LogP contribution in [0.3, 0.4) is 0 Å². The van der Waals surface area contributed by atoms with Crippen LogP contribution in [0, 0.1) is 0 Å². The lowest BCUT2D eigenvalue weighted by Gasteiger charge is -2.06. The van der Waals surface area contributed by atoms with Gasteiger partial charge in [-0.25, -0.2) is 14.8 Å². The molecule has 2 heterocycles. The summed E-state index contributed by atoms with van der Waals surface area (Å²) in [5, 5.41) is 7.88. The van der Waals surface area contributed by atoms with E-state index in [0.717, 1.165) is 0 Å². The highest BCUT2D eigenvalue weighted by molar-refractivity contribution is 5.88. The van der Waals surface area contributed by atoms with Crippen LogP contribution in [0.25, 0.3) is 0 Å². The zero-order chi connectivity index (χ0) is 16.2. The quantitative estimate of drug-likeness (QED) is 0.891. The minimum Gasteiger partial charge on any atom is -0.481 e. The minimum absolute atomic E-state index is 0.0669. The third-order valence-corrected chi connectivity index (χ3v) is 2.36. The Kier molecular flexibility index (Phi) is 4.44. The van der Waals surface area contributed by atoms with E-state index in [9.17, 15) is 18.0 Å². The van der Waals surface area contributed by atoms with Crippen molar-refractivity contribution in [1.29, 1.82) is 0 Å². The molecule has 0 aliphatic rings. The van der Waals surface area contributed by atoms with Gasteiger partial charge in [0.2, 0.25) is 11.6 Å². The molecule has 0 aromatic carbocycles. The molecule has 0 unspecified atom stereocenters. The Hall–Kier alpha value is -2.85. The number of carbonyl (C=O) groups excluding carboxylic acids is 1. The number of hydrogen-bond donors (Lipinski definition) is 2. The van der Waals surface area contributed by atoms with Crippen LogP contribution in [0.2, 0.25) is 0 Å². The average Bonchev–Trinajstić information content (AvgIpc) is 2.94. The van der Waals surface area contributed by atoms with Gasteiger partial charge in [0.25, 0.3) is 0 Å². The molecule has 0 saturated heterocycles. The maximum absolute atomic E-state index is 12.3. The van der Waals surface area contributed by atoms with Gasteiger partial charge in [-0.3, -0.25) is 5.32 Å². The number of urea groups is 1. The lowest BCUT2D eigenvalue weighted by molar-refractivity contribution is -0.155. The van der Waals surface area contributed by atoms with Crippen molar-refractivity contribution >= 4 is 11.8 Å². The zero-order valence-electron chi connectivity index (χ0n) is 11.1. The first-order chi connectivity index (χ1) is 10.4. The molecule has 0 spiro atoms. The fourth-order valence-electron chi connectivity index (χ4n) is 1.38. The van der Waals surface area contributed by atoms with Gasteiger partial charge in [0.1, 0.15) is 17.8 Å². The number of aromatic nitrogens is 3. The highest BCUT2D eigenvalue weighted by Crippen LogP contribution is 2.29. The number of amides is 2. The SMILES string of the molecule is COc1cc(NC(=O)NCc2cc(C(F)(F)F)on2)ncn1. The van der Waals surface area contributed by atoms with Crippen molar-refractivity contribution in [3.8, 4) is 5.88 Å². The molecule has 118 valence electrons. The molecule has 0 aliphatic heterocycles. The third-order valence-electron chi connectivity index (χ3n) is 2.36. The Bertz CT molecular complexity index is 658. The Balaban J connectivity index is 1.88. The predicted molar refractivity (Wildman–Crippen MR) is 65.9 cm³/mol. The molecule has 8 nitrogen and oxygen atoms in total. The number of nitrogens with one attached hydrogen (secondary N) is 2. The smallest absolute Gasteiger partial charge is 0.452 e. The van der Waals surface area contributed by atoms with Gasteiger partial charge in [0.05, 0.1) is 13.7 Å². The van der Waals surface area contributed by atoms with Gasteiger partial charge >= 0.3 is 12.2 Å². The second-order valence-corrected chi connectivity index (χ2v) is 3.93. The van der Waals surface area contributed by atoms with E-state index >= 15 is 0 Å². The predicted octanol–water partition coefficient (Wildman–Crippen LogP) is 1.81. The summed E-state index contributed by atoms with van der Waals surface area (Å²) in [5.74, 6) is -0.817. The number of methoxy groups -OCH3 is 1. The fraction of sp³-hybridized carbons (Fsp3) is 0.273. The lowest BCUT2D eigenvalue weighted by Crippen LogP contribution is -2.28. The fourth-order valence-corrected chi connectivity index (χ4v) is 1.38. The van der Waals surface area contributed by atoms with Crippen molar-refractivity contribution < 1.29 is 27.2 Å². The molecule has 0 aliphatic carbocycles. The van der Waals surface area contributed by atoms with Gasteiger partial charge in [-0.15, -0.1) is 0 Å². The first-order valence-corrected chi connectivity index (χ1v) is 5.82. The lowest BCUT2D eigenvalue weighted by atomic mass is 10.3. The van der Waals surface area contributed by atoms with Crippen molar-refractivity contribution in [2.75, 3.05) is 12.4 Å². The third kappa shape index (κ3) is 4.07. The summed E-state index contributed by atoms with van der Waals surface area (Å²) in [6.45, 7) is -0.242. The zero-order valence-corrected chi connectivity index (χ0v) is 11.1. The van der Waals surface area contributed by atoms with Crippen LogP contribution in [0.5, 0.6) is 5.88 Å². The van der Waals surface area contributed by atoms with Crippen molar-refractivity contribution in [1.82, 2.24) is 20.4 Å². The van der Waals surface area contributed by atoms with Crippen LogP contribution in [-0.2, 0) is 12.7 Å². The van der Waals surface area contributed by atoms with E-state index < -0.39 is 18.0 Å². The van der Waals surface area contributed by atoms with Crippen molar-refractivity contribution in [2.24, 2.45) is 0 Å². The van der Waals surface area contributed by atoms with Gasteiger partial charge < -0.3 is 14.6 Å². The monoisotopic (exact) mass is 317 g/mol. The number of rotatable bonds is 4. The Labute approximate surface area is 121 Å². The molecule has 0 radical (unpaired) electrons. The highest BCUT2D eigenvalue weighted by atomic mass is 19.4. The molecule has 22 heavy (non-hydrogen) atoms. The summed E-state index contributed by atoms with van der Waals surface area (Å²) in [4.78, 5) is 19.1. The largest absolute Gasteiger partial charge is 0.481 e. The number of ether oxygens (including phenoxy) is 1. The molecule has 11 heteroatoms. The summed E-state index contributed by atoms with van der Waals surface area (Å²) in [7, 11) is 1.40. The maximum atomic E-state index is 12.3. The van der Waals surface area contributed by atoms with Crippen LogP contribution >= 0.6 is 0 Å². The van der Waals surface area contributed by atoms with Crippen molar-refractivity contribution in [2.45, 2.75) is 12.7 Å². The Morgan fingerprint density at radius 1 is 1.36 bits per heavy atom. The van der Waals surface area contributed by atoms with E-state index in [4.69, 9.17) is 4.74 Å². The molecule has 2 amide bonds. The summed E-state index contributed by atoms with van der Waals surface area (Å²) in [6, 6.07) is 1.39. The van der Waals surface area contributed by atoms with Gasteiger partial charge in [0, 0.05) is 12.1 Å². The summed E-state index contributed by atoms with van der Waals surface area (Å²) in [5.41, 5.74) is -0.0669. The maximum Gasteiger partial charge on any atom is 0.452 e. The number of halogens is 3. The molecular formula is C11H10F3N5O3. The molecular weight excluding hydrogens is 307 g/mol. The van der Waals surface area contributed by atoms with E-state index in [1.54, 1.807) is 0 Å².